The number of rotatable bonds is 7. The Labute approximate surface area is 139 Å². The number of amides is 1. The predicted molar refractivity (Wildman–Crippen MR) is 86.2 cm³/mol. The fraction of sp³-hybridized carbons (Fsp3) is 0.294. The van der Waals surface area contributed by atoms with Crippen LogP contribution >= 0.6 is 0 Å². The number of nitrogens with zero attached hydrogens (tertiary/aromatic N) is 3. The fourth-order valence-electron chi connectivity index (χ4n) is 2.09. The highest BCUT2D eigenvalue weighted by Gasteiger charge is 2.24. The van der Waals surface area contributed by atoms with E-state index < -0.39 is 5.92 Å². The zero-order chi connectivity index (χ0) is 16.8. The van der Waals surface area contributed by atoms with Crippen molar-refractivity contribution in [1.82, 2.24) is 10.1 Å². The first kappa shape index (κ1) is 15.9. The maximum atomic E-state index is 11.7. The normalized spacial score (nSPS) is 16.4. The van der Waals surface area contributed by atoms with E-state index in [1.807, 2.05) is 24.3 Å². The second kappa shape index (κ2) is 7.54. The lowest BCUT2D eigenvalue weighted by Gasteiger charge is -2.06. The third-order valence-corrected chi connectivity index (χ3v) is 3.28. The molecule has 2 heterocycles. The van der Waals surface area contributed by atoms with E-state index in [1.54, 1.807) is 12.2 Å². The molecule has 1 aliphatic heterocycles. The number of aromatic nitrogens is 2. The molecule has 1 atom stereocenters. The van der Waals surface area contributed by atoms with E-state index in [0.717, 1.165) is 12.2 Å². The first-order valence-corrected chi connectivity index (χ1v) is 7.69. The third kappa shape index (κ3) is 3.87. The van der Waals surface area contributed by atoms with Crippen LogP contribution < -0.4 is 9.47 Å². The van der Waals surface area contributed by atoms with Gasteiger partial charge in [0.15, 0.2) is 12.4 Å². The average molecular weight is 327 g/mol. The Balaban J connectivity index is 1.56. The van der Waals surface area contributed by atoms with Crippen LogP contribution in [0.4, 0.5) is 0 Å². The maximum Gasteiger partial charge on any atom is 0.264 e. The van der Waals surface area contributed by atoms with Crippen molar-refractivity contribution in [3.8, 4) is 11.5 Å². The molecule has 124 valence electrons. The second-order valence-corrected chi connectivity index (χ2v) is 5.13. The van der Waals surface area contributed by atoms with E-state index >= 15 is 0 Å². The van der Waals surface area contributed by atoms with Crippen molar-refractivity contribution in [2.75, 3.05) is 6.61 Å². The molecule has 0 bridgehead atoms. The Morgan fingerprint density at radius 2 is 1.92 bits per heavy atom. The molecule has 0 saturated carbocycles. The number of carbonyl (C=O) groups is 1. The Hall–Kier alpha value is -2.96. The summed E-state index contributed by atoms with van der Waals surface area (Å²) in [6, 6.07) is 7.30. The van der Waals surface area contributed by atoms with Crippen molar-refractivity contribution < 1.29 is 18.8 Å². The summed E-state index contributed by atoms with van der Waals surface area (Å²) in [7, 11) is 0. The van der Waals surface area contributed by atoms with Gasteiger partial charge >= 0.3 is 0 Å². The molecule has 7 nitrogen and oxygen atoms in total. The van der Waals surface area contributed by atoms with Gasteiger partial charge in [0, 0.05) is 6.21 Å². The molecular weight excluding hydrogens is 310 g/mol. The largest absolute Gasteiger partial charge is 0.494 e. The highest BCUT2D eigenvalue weighted by Crippen LogP contribution is 2.20. The highest BCUT2D eigenvalue weighted by atomic mass is 16.5. The topological polar surface area (TPSA) is 86.8 Å². The molecular formula is C17H17N3O4. The Morgan fingerprint density at radius 3 is 2.62 bits per heavy atom. The number of hydrogen-bond acceptors (Lipinski definition) is 6. The van der Waals surface area contributed by atoms with Gasteiger partial charge < -0.3 is 14.0 Å². The molecule has 0 radical (unpaired) electrons. The van der Waals surface area contributed by atoms with Crippen LogP contribution in [0, 0.1) is 0 Å². The molecule has 1 amide bonds. The number of carbonyl (C=O) groups excluding carboxylic acids is 1. The van der Waals surface area contributed by atoms with E-state index in [9.17, 15) is 4.79 Å². The summed E-state index contributed by atoms with van der Waals surface area (Å²) in [4.78, 5) is 19.6. The van der Waals surface area contributed by atoms with Gasteiger partial charge in [0.1, 0.15) is 17.4 Å². The Kier molecular flexibility index (Phi) is 5.00. The average Bonchev–Trinajstić information content (AvgIpc) is 3.08. The minimum atomic E-state index is -0.595. The van der Waals surface area contributed by atoms with Gasteiger partial charge in [0.25, 0.3) is 11.8 Å². The minimum absolute atomic E-state index is 0.121. The van der Waals surface area contributed by atoms with Crippen molar-refractivity contribution in [3.63, 3.8) is 0 Å². The lowest BCUT2D eigenvalue weighted by atomic mass is 10.1. The van der Waals surface area contributed by atoms with Gasteiger partial charge in [-0.05, 0) is 36.8 Å². The summed E-state index contributed by atoms with van der Waals surface area (Å²) < 4.78 is 16.2. The smallest absolute Gasteiger partial charge is 0.264 e. The van der Waals surface area contributed by atoms with E-state index in [-0.39, 0.29) is 18.3 Å². The van der Waals surface area contributed by atoms with E-state index in [4.69, 9.17) is 14.0 Å². The van der Waals surface area contributed by atoms with Gasteiger partial charge in [-0.25, -0.2) is 4.99 Å². The number of hydrogen-bond donors (Lipinski definition) is 0. The van der Waals surface area contributed by atoms with Crippen LogP contribution in [0.1, 0.15) is 31.0 Å². The second-order valence-electron chi connectivity index (χ2n) is 5.13. The molecule has 1 unspecified atom stereocenters. The standard InChI is InChI=1S/C17H17N3O4/c1-2-10-22-12-5-7-13(8-6-12)23-11-15-19-16(20-24-15)14-4-3-9-18-17(14)21/h3-9,14H,2,10-11H2,1H3. The van der Waals surface area contributed by atoms with Crippen LogP contribution in [0.2, 0.25) is 0 Å². The summed E-state index contributed by atoms with van der Waals surface area (Å²) in [5.41, 5.74) is 0. The third-order valence-electron chi connectivity index (χ3n) is 3.28. The Bertz CT molecular complexity index is 749. The molecule has 0 aliphatic carbocycles. The van der Waals surface area contributed by atoms with Crippen LogP contribution in [0.5, 0.6) is 11.5 Å². The number of dihydropyridines is 1. The van der Waals surface area contributed by atoms with E-state index in [1.165, 1.54) is 6.21 Å². The summed E-state index contributed by atoms with van der Waals surface area (Å²) >= 11 is 0. The van der Waals surface area contributed by atoms with Crippen LogP contribution in [-0.4, -0.2) is 28.9 Å². The predicted octanol–water partition coefficient (Wildman–Crippen LogP) is 2.69. The molecule has 1 aliphatic rings. The molecule has 0 N–H and O–H groups in total. The van der Waals surface area contributed by atoms with Gasteiger partial charge in [0.05, 0.1) is 6.61 Å². The SMILES string of the molecule is CCCOc1ccc(OCc2nc(C3C=CC=NC3=O)no2)cc1. The first-order chi connectivity index (χ1) is 11.8. The molecule has 24 heavy (non-hydrogen) atoms. The maximum absolute atomic E-state index is 11.7. The van der Waals surface area contributed by atoms with Crippen LogP contribution in [0.25, 0.3) is 0 Å². The molecule has 2 aromatic rings. The lowest BCUT2D eigenvalue weighted by Crippen LogP contribution is -2.12. The van der Waals surface area contributed by atoms with Gasteiger partial charge in [0.2, 0.25) is 0 Å². The summed E-state index contributed by atoms with van der Waals surface area (Å²) in [6.07, 6.45) is 5.76. The first-order valence-electron chi connectivity index (χ1n) is 7.69. The van der Waals surface area contributed by atoms with Gasteiger partial charge in [-0.15, -0.1) is 0 Å². The molecule has 3 rings (SSSR count). The zero-order valence-electron chi connectivity index (χ0n) is 13.2. The van der Waals surface area contributed by atoms with Crippen LogP contribution in [0.3, 0.4) is 0 Å². The molecule has 7 heteroatoms. The number of allylic oxidation sites excluding steroid dienone is 1. The van der Waals surface area contributed by atoms with E-state index in [0.29, 0.717) is 18.2 Å². The zero-order valence-corrected chi connectivity index (χ0v) is 13.2. The summed E-state index contributed by atoms with van der Waals surface area (Å²) in [6.45, 7) is 2.86. The van der Waals surface area contributed by atoms with Crippen molar-refractivity contribution >= 4 is 12.1 Å². The number of benzene rings is 1. The molecule has 1 aromatic carbocycles. The summed E-state index contributed by atoms with van der Waals surface area (Å²) in [5.74, 6) is 1.14. The minimum Gasteiger partial charge on any atom is -0.494 e. The van der Waals surface area contributed by atoms with Crippen molar-refractivity contribution in [1.29, 1.82) is 0 Å². The van der Waals surface area contributed by atoms with Crippen molar-refractivity contribution in [2.45, 2.75) is 25.9 Å². The van der Waals surface area contributed by atoms with Gasteiger partial charge in [-0.3, -0.25) is 4.79 Å². The highest BCUT2D eigenvalue weighted by molar-refractivity contribution is 5.96. The summed E-state index contributed by atoms with van der Waals surface area (Å²) in [5, 5.41) is 3.82. The number of aliphatic imine (C=N–C) groups is 1. The quantitative estimate of drug-likeness (QED) is 0.777. The van der Waals surface area contributed by atoms with Crippen LogP contribution in [0.15, 0.2) is 45.9 Å². The molecule has 0 saturated heterocycles. The lowest BCUT2D eigenvalue weighted by molar-refractivity contribution is -0.118. The monoisotopic (exact) mass is 327 g/mol. The Morgan fingerprint density at radius 1 is 1.17 bits per heavy atom. The number of ether oxygens (including phenoxy) is 2. The van der Waals surface area contributed by atoms with Crippen molar-refractivity contribution in [2.24, 2.45) is 4.99 Å². The van der Waals surface area contributed by atoms with Crippen LogP contribution in [-0.2, 0) is 11.4 Å². The molecule has 0 fully saturated rings. The molecule has 1 aromatic heterocycles. The van der Waals surface area contributed by atoms with E-state index in [2.05, 4.69) is 22.1 Å². The fourth-order valence-corrected chi connectivity index (χ4v) is 2.09. The van der Waals surface area contributed by atoms with Gasteiger partial charge in [-0.1, -0.05) is 18.2 Å². The van der Waals surface area contributed by atoms with Gasteiger partial charge in [-0.2, -0.15) is 4.98 Å². The molecule has 0 spiro atoms. The van der Waals surface area contributed by atoms with Crippen molar-refractivity contribution in [3.05, 3.63) is 48.1 Å².